The number of nitrogens with one attached hydrogen (secondary N) is 1. The van der Waals surface area contributed by atoms with Crippen LogP contribution in [0.2, 0.25) is 0 Å². The van der Waals surface area contributed by atoms with Crippen molar-refractivity contribution in [3.8, 4) is 5.75 Å². The Bertz CT molecular complexity index is 1180. The molecule has 0 aliphatic carbocycles. The van der Waals surface area contributed by atoms with Crippen molar-refractivity contribution in [2.24, 2.45) is 4.99 Å². The third-order valence-electron chi connectivity index (χ3n) is 5.52. The molecule has 1 aliphatic heterocycles. The van der Waals surface area contributed by atoms with Crippen molar-refractivity contribution in [2.75, 3.05) is 13.7 Å². The normalized spacial score (nSPS) is 16.5. The highest BCUT2D eigenvalue weighted by atomic mass is 32.2. The lowest BCUT2D eigenvalue weighted by Gasteiger charge is -2.16. The molecule has 1 saturated heterocycles. The van der Waals surface area contributed by atoms with Crippen molar-refractivity contribution in [2.45, 2.75) is 24.6 Å². The van der Waals surface area contributed by atoms with E-state index in [0.717, 1.165) is 17.5 Å². The lowest BCUT2D eigenvalue weighted by molar-refractivity contribution is -0.129. The Labute approximate surface area is 208 Å². The molecule has 0 aromatic heterocycles. The van der Waals surface area contributed by atoms with E-state index in [4.69, 9.17) is 4.74 Å². The maximum Gasteiger partial charge on any atom is 0.242 e. The van der Waals surface area contributed by atoms with Gasteiger partial charge in [-0.1, -0.05) is 54.2 Å². The summed E-state index contributed by atoms with van der Waals surface area (Å²) in [4.78, 5) is 32.1. The number of methoxy groups -OCH3 is 1. The topological polar surface area (TPSA) is 71.0 Å². The zero-order chi connectivity index (χ0) is 24.6. The fourth-order valence-corrected chi connectivity index (χ4v) is 4.80. The molecule has 1 N–H and O–H groups in total. The van der Waals surface area contributed by atoms with Crippen LogP contribution in [0.5, 0.6) is 5.75 Å². The Hall–Kier alpha value is -3.65. The molecule has 180 valence electrons. The molecule has 3 aromatic rings. The molecule has 2 amide bonds. The molecule has 1 atom stereocenters. The number of benzene rings is 3. The van der Waals surface area contributed by atoms with Gasteiger partial charge in [-0.25, -0.2) is 9.38 Å². The Morgan fingerprint density at radius 2 is 1.74 bits per heavy atom. The van der Waals surface area contributed by atoms with Gasteiger partial charge >= 0.3 is 0 Å². The summed E-state index contributed by atoms with van der Waals surface area (Å²) in [7, 11) is 1.59. The van der Waals surface area contributed by atoms with Crippen LogP contribution in [0, 0.1) is 5.82 Å². The standard InChI is InChI=1S/C27H26FN3O3S/c1-34-23-13-11-22(12-14-23)30-27-31(18-20-7-9-21(28)10-8-20)26(33)24(35-27)17-25(32)29-16-15-19-5-3-2-4-6-19/h2-14,24H,15-18H2,1H3,(H,29,32). The van der Waals surface area contributed by atoms with Gasteiger partial charge in [0.2, 0.25) is 11.8 Å². The predicted molar refractivity (Wildman–Crippen MR) is 136 cm³/mol. The molecule has 1 unspecified atom stereocenters. The molecule has 0 spiro atoms. The van der Waals surface area contributed by atoms with E-state index in [1.807, 2.05) is 30.3 Å². The highest BCUT2D eigenvalue weighted by Gasteiger charge is 2.39. The Morgan fingerprint density at radius 3 is 2.43 bits per heavy atom. The maximum atomic E-state index is 13.4. The fourth-order valence-electron chi connectivity index (χ4n) is 3.64. The molecule has 0 bridgehead atoms. The fraction of sp³-hybridized carbons (Fsp3) is 0.222. The molecular formula is C27H26FN3O3S. The first kappa shape index (κ1) is 24.5. The van der Waals surface area contributed by atoms with Crippen molar-refractivity contribution in [1.82, 2.24) is 10.2 Å². The molecular weight excluding hydrogens is 465 g/mol. The minimum Gasteiger partial charge on any atom is -0.497 e. The number of hydrogen-bond acceptors (Lipinski definition) is 5. The number of amidine groups is 1. The minimum atomic E-state index is -0.579. The van der Waals surface area contributed by atoms with Gasteiger partial charge in [-0.05, 0) is 53.9 Å². The van der Waals surface area contributed by atoms with Crippen LogP contribution in [-0.4, -0.2) is 40.8 Å². The van der Waals surface area contributed by atoms with Crippen molar-refractivity contribution in [3.63, 3.8) is 0 Å². The maximum absolute atomic E-state index is 13.4. The van der Waals surface area contributed by atoms with E-state index in [2.05, 4.69) is 10.3 Å². The van der Waals surface area contributed by atoms with Crippen molar-refractivity contribution >= 4 is 34.4 Å². The van der Waals surface area contributed by atoms with Gasteiger partial charge < -0.3 is 10.1 Å². The van der Waals surface area contributed by atoms with E-state index in [-0.39, 0.29) is 30.6 Å². The number of rotatable bonds is 9. The van der Waals surface area contributed by atoms with E-state index in [0.29, 0.717) is 23.1 Å². The van der Waals surface area contributed by atoms with Gasteiger partial charge in [-0.3, -0.25) is 14.5 Å². The Kier molecular flexibility index (Phi) is 8.15. The molecule has 3 aromatic carbocycles. The lowest BCUT2D eigenvalue weighted by Crippen LogP contribution is -2.34. The van der Waals surface area contributed by atoms with Crippen molar-refractivity contribution in [1.29, 1.82) is 0 Å². The first-order valence-corrected chi connectivity index (χ1v) is 12.2. The van der Waals surface area contributed by atoms with Crippen LogP contribution in [0.4, 0.5) is 10.1 Å². The molecule has 8 heteroatoms. The number of halogens is 1. The van der Waals surface area contributed by atoms with Crippen molar-refractivity contribution < 1.29 is 18.7 Å². The average molecular weight is 492 g/mol. The molecule has 1 heterocycles. The molecule has 1 aliphatic rings. The largest absolute Gasteiger partial charge is 0.497 e. The van der Waals surface area contributed by atoms with Gasteiger partial charge in [0.1, 0.15) is 16.8 Å². The van der Waals surface area contributed by atoms with Gasteiger partial charge in [0.15, 0.2) is 5.17 Å². The zero-order valence-electron chi connectivity index (χ0n) is 19.3. The van der Waals surface area contributed by atoms with Crippen LogP contribution < -0.4 is 10.1 Å². The summed E-state index contributed by atoms with van der Waals surface area (Å²) in [5.74, 6) is -0.00521. The second-order valence-electron chi connectivity index (χ2n) is 8.04. The number of thioether (sulfide) groups is 1. The minimum absolute atomic E-state index is 0.0554. The third kappa shape index (κ3) is 6.70. The number of aliphatic imine (C=N–C) groups is 1. The number of hydrogen-bond donors (Lipinski definition) is 1. The monoisotopic (exact) mass is 491 g/mol. The van der Waals surface area contributed by atoms with Crippen LogP contribution in [-0.2, 0) is 22.6 Å². The number of ether oxygens (including phenoxy) is 1. The predicted octanol–water partition coefficient (Wildman–Crippen LogP) is 4.72. The summed E-state index contributed by atoms with van der Waals surface area (Å²) in [5.41, 5.74) is 2.58. The summed E-state index contributed by atoms with van der Waals surface area (Å²) < 4.78 is 18.5. The quantitative estimate of drug-likeness (QED) is 0.471. The Morgan fingerprint density at radius 1 is 1.03 bits per heavy atom. The average Bonchev–Trinajstić information content (AvgIpc) is 3.15. The summed E-state index contributed by atoms with van der Waals surface area (Å²) in [5, 5.41) is 2.83. The molecule has 1 fully saturated rings. The van der Waals surface area contributed by atoms with Crippen LogP contribution in [0.3, 0.4) is 0 Å². The second kappa shape index (κ2) is 11.7. The number of carbonyl (C=O) groups is 2. The highest BCUT2D eigenvalue weighted by molar-refractivity contribution is 8.15. The molecule has 0 radical (unpaired) electrons. The van der Waals surface area contributed by atoms with E-state index in [1.165, 1.54) is 23.9 Å². The number of amides is 2. The van der Waals surface area contributed by atoms with Gasteiger partial charge in [0.05, 0.1) is 19.3 Å². The van der Waals surface area contributed by atoms with E-state index < -0.39 is 5.25 Å². The van der Waals surface area contributed by atoms with Crippen LogP contribution in [0.15, 0.2) is 83.9 Å². The molecule has 0 saturated carbocycles. The molecule has 4 rings (SSSR count). The third-order valence-corrected chi connectivity index (χ3v) is 6.70. The summed E-state index contributed by atoms with van der Waals surface area (Å²) in [6.07, 6.45) is 0.777. The molecule has 35 heavy (non-hydrogen) atoms. The zero-order valence-corrected chi connectivity index (χ0v) is 20.1. The first-order chi connectivity index (χ1) is 17.0. The second-order valence-corrected chi connectivity index (χ2v) is 9.21. The van der Waals surface area contributed by atoms with Crippen LogP contribution >= 0.6 is 11.8 Å². The van der Waals surface area contributed by atoms with Crippen molar-refractivity contribution in [3.05, 3.63) is 95.8 Å². The summed E-state index contributed by atoms with van der Waals surface area (Å²) in [6.45, 7) is 0.744. The first-order valence-electron chi connectivity index (χ1n) is 11.3. The number of carbonyl (C=O) groups excluding carboxylic acids is 2. The van der Waals surface area contributed by atoms with Gasteiger partial charge in [-0.15, -0.1) is 0 Å². The van der Waals surface area contributed by atoms with Gasteiger partial charge in [0.25, 0.3) is 0 Å². The summed E-state index contributed by atoms with van der Waals surface area (Å²) >= 11 is 1.27. The van der Waals surface area contributed by atoms with Gasteiger partial charge in [-0.2, -0.15) is 0 Å². The highest BCUT2D eigenvalue weighted by Crippen LogP contribution is 2.33. The smallest absolute Gasteiger partial charge is 0.242 e. The van der Waals surface area contributed by atoms with E-state index in [9.17, 15) is 14.0 Å². The van der Waals surface area contributed by atoms with E-state index in [1.54, 1.807) is 48.4 Å². The Balaban J connectivity index is 1.45. The van der Waals surface area contributed by atoms with E-state index >= 15 is 0 Å². The number of nitrogens with zero attached hydrogens (tertiary/aromatic N) is 2. The van der Waals surface area contributed by atoms with Crippen LogP contribution in [0.25, 0.3) is 0 Å². The van der Waals surface area contributed by atoms with Crippen LogP contribution in [0.1, 0.15) is 17.5 Å². The lowest BCUT2D eigenvalue weighted by atomic mass is 10.1. The SMILES string of the molecule is COc1ccc(N=C2SC(CC(=O)NCCc3ccccc3)C(=O)N2Cc2ccc(F)cc2)cc1. The van der Waals surface area contributed by atoms with Gasteiger partial charge in [0, 0.05) is 13.0 Å². The summed E-state index contributed by atoms with van der Waals surface area (Å²) in [6, 6.07) is 23.1. The molecule has 6 nitrogen and oxygen atoms in total.